The summed E-state index contributed by atoms with van der Waals surface area (Å²) in [6, 6.07) is 3.62. The van der Waals surface area contributed by atoms with Crippen LogP contribution in [0.4, 0.5) is 0 Å². The lowest BCUT2D eigenvalue weighted by Crippen LogP contribution is -1.98. The predicted molar refractivity (Wildman–Crippen MR) is 59.7 cm³/mol. The second kappa shape index (κ2) is 3.73. The van der Waals surface area contributed by atoms with E-state index >= 15 is 0 Å². The molecule has 2 aromatic rings. The summed E-state index contributed by atoms with van der Waals surface area (Å²) in [7, 11) is 0. The zero-order valence-electron chi connectivity index (χ0n) is 7.30. The maximum absolute atomic E-state index is 6.05. The third-order valence-electron chi connectivity index (χ3n) is 2.13. The van der Waals surface area contributed by atoms with Gasteiger partial charge in [0.1, 0.15) is 0 Å². The van der Waals surface area contributed by atoms with Gasteiger partial charge < -0.3 is 5.73 Å². The quantitative estimate of drug-likeness (QED) is 0.813. The van der Waals surface area contributed by atoms with Crippen molar-refractivity contribution in [2.24, 2.45) is 5.73 Å². The smallest absolute Gasteiger partial charge is 0.0671 e. The van der Waals surface area contributed by atoms with Gasteiger partial charge in [-0.1, -0.05) is 23.2 Å². The fourth-order valence-corrected chi connectivity index (χ4v) is 1.89. The van der Waals surface area contributed by atoms with Crippen LogP contribution in [0.3, 0.4) is 0 Å². The van der Waals surface area contributed by atoms with Gasteiger partial charge in [-0.05, 0) is 17.7 Å². The van der Waals surface area contributed by atoms with Gasteiger partial charge >= 0.3 is 0 Å². The molecule has 1 heterocycles. The van der Waals surface area contributed by atoms with Crippen molar-refractivity contribution in [1.82, 2.24) is 4.98 Å². The Hall–Kier alpha value is -0.830. The molecular formula is C10H8Cl2N2. The van der Waals surface area contributed by atoms with Crippen LogP contribution in [0, 0.1) is 0 Å². The summed E-state index contributed by atoms with van der Waals surface area (Å²) in [4.78, 5) is 4.03. The fourth-order valence-electron chi connectivity index (χ4n) is 1.43. The van der Waals surface area contributed by atoms with E-state index in [1.807, 2.05) is 6.07 Å². The highest BCUT2D eigenvalue weighted by Gasteiger charge is 2.07. The lowest BCUT2D eigenvalue weighted by Gasteiger charge is -2.07. The van der Waals surface area contributed by atoms with E-state index in [4.69, 9.17) is 28.9 Å². The van der Waals surface area contributed by atoms with E-state index in [9.17, 15) is 0 Å². The number of aromatic nitrogens is 1. The van der Waals surface area contributed by atoms with Gasteiger partial charge in [-0.3, -0.25) is 4.98 Å². The minimum atomic E-state index is 0.430. The van der Waals surface area contributed by atoms with Gasteiger partial charge in [-0.25, -0.2) is 0 Å². The van der Waals surface area contributed by atoms with Crippen molar-refractivity contribution < 1.29 is 0 Å². The van der Waals surface area contributed by atoms with E-state index in [0.29, 0.717) is 16.6 Å². The van der Waals surface area contributed by atoms with Crippen molar-refractivity contribution in [2.75, 3.05) is 0 Å². The summed E-state index contributed by atoms with van der Waals surface area (Å²) in [5.74, 6) is 0. The highest BCUT2D eigenvalue weighted by atomic mass is 35.5. The van der Waals surface area contributed by atoms with Gasteiger partial charge in [0.05, 0.1) is 10.0 Å². The SMILES string of the molecule is NCc1cc(Cl)c(Cl)c2ccncc12. The average molecular weight is 227 g/mol. The van der Waals surface area contributed by atoms with E-state index in [0.717, 1.165) is 16.3 Å². The highest BCUT2D eigenvalue weighted by molar-refractivity contribution is 6.45. The largest absolute Gasteiger partial charge is 0.326 e. The van der Waals surface area contributed by atoms with Crippen molar-refractivity contribution >= 4 is 34.0 Å². The van der Waals surface area contributed by atoms with Crippen molar-refractivity contribution in [3.63, 3.8) is 0 Å². The third kappa shape index (κ3) is 1.46. The Morgan fingerprint density at radius 1 is 1.29 bits per heavy atom. The molecule has 0 saturated heterocycles. The maximum Gasteiger partial charge on any atom is 0.0671 e. The van der Waals surface area contributed by atoms with E-state index < -0.39 is 0 Å². The molecule has 0 atom stereocenters. The summed E-state index contributed by atoms with van der Waals surface area (Å²) in [5, 5.41) is 2.95. The van der Waals surface area contributed by atoms with Gasteiger partial charge in [0.15, 0.2) is 0 Å². The zero-order chi connectivity index (χ0) is 10.1. The molecule has 1 aromatic heterocycles. The number of fused-ring (bicyclic) bond motifs is 1. The van der Waals surface area contributed by atoms with Crippen LogP contribution in [0.1, 0.15) is 5.56 Å². The molecule has 0 spiro atoms. The first-order valence-corrected chi connectivity index (χ1v) is 4.90. The second-order valence-corrected chi connectivity index (χ2v) is 3.74. The number of pyridine rings is 1. The zero-order valence-corrected chi connectivity index (χ0v) is 8.81. The Bertz CT molecular complexity index is 483. The lowest BCUT2D eigenvalue weighted by atomic mass is 10.1. The molecule has 0 aliphatic rings. The second-order valence-electron chi connectivity index (χ2n) is 2.96. The van der Waals surface area contributed by atoms with Crippen LogP contribution in [0.15, 0.2) is 24.5 Å². The number of nitrogens with zero attached hydrogens (tertiary/aromatic N) is 1. The number of nitrogens with two attached hydrogens (primary N) is 1. The molecule has 0 unspecified atom stereocenters. The molecule has 1 aromatic carbocycles. The summed E-state index contributed by atoms with van der Waals surface area (Å²) in [5.41, 5.74) is 6.57. The Morgan fingerprint density at radius 2 is 2.07 bits per heavy atom. The summed E-state index contributed by atoms with van der Waals surface area (Å²) >= 11 is 12.0. The molecule has 0 aliphatic heterocycles. The van der Waals surface area contributed by atoms with Crippen LogP contribution in [-0.2, 0) is 6.54 Å². The van der Waals surface area contributed by atoms with Crippen molar-refractivity contribution in [3.05, 3.63) is 40.1 Å². The molecule has 0 fully saturated rings. The number of rotatable bonds is 1. The van der Waals surface area contributed by atoms with E-state index in [-0.39, 0.29) is 0 Å². The van der Waals surface area contributed by atoms with Crippen LogP contribution < -0.4 is 5.73 Å². The van der Waals surface area contributed by atoms with Crippen LogP contribution in [0.2, 0.25) is 10.0 Å². The van der Waals surface area contributed by atoms with E-state index in [1.165, 1.54) is 0 Å². The molecule has 2 rings (SSSR count). The molecule has 0 amide bonds. The first-order chi connectivity index (χ1) is 6.74. The molecule has 0 saturated carbocycles. The molecule has 2 N–H and O–H groups in total. The molecule has 0 radical (unpaired) electrons. The molecule has 0 aliphatic carbocycles. The summed E-state index contributed by atoms with van der Waals surface area (Å²) in [6.07, 6.45) is 3.44. The molecule has 4 heteroatoms. The van der Waals surface area contributed by atoms with Gasteiger partial charge in [-0.15, -0.1) is 0 Å². The number of hydrogen-bond acceptors (Lipinski definition) is 2. The Kier molecular flexibility index (Phi) is 2.59. The first kappa shape index (κ1) is 9.71. The Morgan fingerprint density at radius 3 is 2.79 bits per heavy atom. The summed E-state index contributed by atoms with van der Waals surface area (Å²) in [6.45, 7) is 0.430. The van der Waals surface area contributed by atoms with Gasteiger partial charge in [0.25, 0.3) is 0 Å². The average Bonchev–Trinajstić information content (AvgIpc) is 2.23. The Labute approximate surface area is 91.6 Å². The number of benzene rings is 1. The maximum atomic E-state index is 6.05. The molecule has 2 nitrogen and oxygen atoms in total. The molecule has 72 valence electrons. The van der Waals surface area contributed by atoms with Crippen molar-refractivity contribution in [1.29, 1.82) is 0 Å². The first-order valence-electron chi connectivity index (χ1n) is 4.14. The van der Waals surface area contributed by atoms with E-state index in [2.05, 4.69) is 4.98 Å². The molecule has 0 bridgehead atoms. The minimum absolute atomic E-state index is 0.430. The topological polar surface area (TPSA) is 38.9 Å². The standard InChI is InChI=1S/C10H8Cl2N2/c11-9-3-6(4-13)8-5-14-2-1-7(8)10(9)12/h1-3,5H,4,13H2. The van der Waals surface area contributed by atoms with Gasteiger partial charge in [-0.2, -0.15) is 0 Å². The van der Waals surface area contributed by atoms with Crippen molar-refractivity contribution in [3.8, 4) is 0 Å². The van der Waals surface area contributed by atoms with Crippen LogP contribution >= 0.6 is 23.2 Å². The van der Waals surface area contributed by atoms with Crippen molar-refractivity contribution in [2.45, 2.75) is 6.54 Å². The van der Waals surface area contributed by atoms with Crippen LogP contribution in [0.5, 0.6) is 0 Å². The molecular weight excluding hydrogens is 219 g/mol. The van der Waals surface area contributed by atoms with Gasteiger partial charge in [0, 0.05) is 29.7 Å². The molecule has 14 heavy (non-hydrogen) atoms. The minimum Gasteiger partial charge on any atom is -0.326 e. The number of halogens is 2. The van der Waals surface area contributed by atoms with Gasteiger partial charge in [0.2, 0.25) is 0 Å². The summed E-state index contributed by atoms with van der Waals surface area (Å²) < 4.78 is 0. The number of hydrogen-bond donors (Lipinski definition) is 1. The Balaban J connectivity index is 2.89. The third-order valence-corrected chi connectivity index (χ3v) is 2.94. The predicted octanol–water partition coefficient (Wildman–Crippen LogP) is 3.00. The van der Waals surface area contributed by atoms with Crippen LogP contribution in [0.25, 0.3) is 10.8 Å². The normalized spacial score (nSPS) is 10.8. The fraction of sp³-hybridized carbons (Fsp3) is 0.100. The van der Waals surface area contributed by atoms with E-state index in [1.54, 1.807) is 18.5 Å². The van der Waals surface area contributed by atoms with Crippen LogP contribution in [-0.4, -0.2) is 4.98 Å². The highest BCUT2D eigenvalue weighted by Crippen LogP contribution is 2.32. The monoisotopic (exact) mass is 226 g/mol. The lowest BCUT2D eigenvalue weighted by molar-refractivity contribution is 1.08.